The summed E-state index contributed by atoms with van der Waals surface area (Å²) in [5, 5.41) is 17.8. The van der Waals surface area contributed by atoms with Crippen LogP contribution < -0.4 is 0 Å². The molecule has 14 heavy (non-hydrogen) atoms. The molecule has 0 aliphatic heterocycles. The van der Waals surface area contributed by atoms with Crippen molar-refractivity contribution in [3.8, 4) is 0 Å². The first-order valence-corrected chi connectivity index (χ1v) is 5.71. The van der Waals surface area contributed by atoms with E-state index in [9.17, 15) is 5.11 Å². The fraction of sp³-hybridized carbons (Fsp3) is 1.00. The van der Waals surface area contributed by atoms with E-state index in [0.29, 0.717) is 13.2 Å². The molecule has 2 N–H and O–H groups in total. The van der Waals surface area contributed by atoms with Crippen molar-refractivity contribution in [3.63, 3.8) is 0 Å². The standard InChI is InChI=1S/C11H24O3/c1-2-14-11(13)9-7-5-3-4-6-8-10-12/h11-13H,2-10H2,1H3. The fourth-order valence-electron chi connectivity index (χ4n) is 1.41. The number of ether oxygens (including phenoxy) is 1. The van der Waals surface area contributed by atoms with Gasteiger partial charge in [-0.2, -0.15) is 0 Å². The molecule has 0 aromatic heterocycles. The van der Waals surface area contributed by atoms with Crippen LogP contribution in [0.1, 0.15) is 51.9 Å². The molecule has 3 heteroatoms. The second-order valence-corrected chi connectivity index (χ2v) is 3.54. The van der Waals surface area contributed by atoms with Crippen LogP contribution in [-0.4, -0.2) is 29.7 Å². The van der Waals surface area contributed by atoms with Crippen LogP contribution in [0.3, 0.4) is 0 Å². The number of hydrogen-bond acceptors (Lipinski definition) is 3. The van der Waals surface area contributed by atoms with Crippen molar-refractivity contribution >= 4 is 0 Å². The SMILES string of the molecule is CCOC(O)CCCCCCCCO. The molecule has 1 unspecified atom stereocenters. The highest BCUT2D eigenvalue weighted by molar-refractivity contribution is 4.47. The van der Waals surface area contributed by atoms with Crippen LogP contribution in [0, 0.1) is 0 Å². The van der Waals surface area contributed by atoms with Crippen LogP contribution in [-0.2, 0) is 4.74 Å². The first-order chi connectivity index (χ1) is 6.81. The summed E-state index contributed by atoms with van der Waals surface area (Å²) in [5.74, 6) is 0. The molecule has 0 saturated heterocycles. The molecule has 0 aliphatic carbocycles. The van der Waals surface area contributed by atoms with E-state index >= 15 is 0 Å². The maximum absolute atomic E-state index is 9.23. The van der Waals surface area contributed by atoms with Gasteiger partial charge in [0.15, 0.2) is 6.29 Å². The Bertz CT molecular complexity index is 107. The van der Waals surface area contributed by atoms with Gasteiger partial charge in [0.05, 0.1) is 0 Å². The number of hydrogen-bond donors (Lipinski definition) is 2. The minimum atomic E-state index is -0.572. The third-order valence-electron chi connectivity index (χ3n) is 2.22. The van der Waals surface area contributed by atoms with E-state index in [4.69, 9.17) is 9.84 Å². The highest BCUT2D eigenvalue weighted by Gasteiger charge is 2.01. The highest BCUT2D eigenvalue weighted by Crippen LogP contribution is 2.08. The van der Waals surface area contributed by atoms with Gasteiger partial charge in [-0.1, -0.05) is 25.7 Å². The predicted octanol–water partition coefficient (Wildman–Crippen LogP) is 2.06. The van der Waals surface area contributed by atoms with Crippen molar-refractivity contribution in [2.24, 2.45) is 0 Å². The Hall–Kier alpha value is -0.120. The summed E-state index contributed by atoms with van der Waals surface area (Å²) in [6, 6.07) is 0. The van der Waals surface area contributed by atoms with Crippen molar-refractivity contribution in [2.45, 2.75) is 58.2 Å². The van der Waals surface area contributed by atoms with Crippen LogP contribution >= 0.6 is 0 Å². The van der Waals surface area contributed by atoms with Gasteiger partial charge in [0.25, 0.3) is 0 Å². The zero-order valence-electron chi connectivity index (χ0n) is 9.24. The summed E-state index contributed by atoms with van der Waals surface area (Å²) in [5.41, 5.74) is 0. The molecule has 0 bridgehead atoms. The quantitative estimate of drug-likeness (QED) is 0.423. The Balaban J connectivity index is 2.98. The van der Waals surface area contributed by atoms with Gasteiger partial charge in [-0.3, -0.25) is 0 Å². The number of aliphatic hydroxyl groups is 2. The molecule has 0 rings (SSSR count). The predicted molar refractivity (Wildman–Crippen MR) is 57.0 cm³/mol. The van der Waals surface area contributed by atoms with Gasteiger partial charge in [-0.25, -0.2) is 0 Å². The first-order valence-electron chi connectivity index (χ1n) is 5.71. The molecule has 0 fully saturated rings. The van der Waals surface area contributed by atoms with Crippen molar-refractivity contribution in [1.82, 2.24) is 0 Å². The topological polar surface area (TPSA) is 49.7 Å². The fourth-order valence-corrected chi connectivity index (χ4v) is 1.41. The molecule has 0 spiro atoms. The second-order valence-electron chi connectivity index (χ2n) is 3.54. The summed E-state index contributed by atoms with van der Waals surface area (Å²) >= 11 is 0. The third-order valence-corrected chi connectivity index (χ3v) is 2.22. The molecule has 0 radical (unpaired) electrons. The van der Waals surface area contributed by atoms with E-state index in [2.05, 4.69) is 0 Å². The smallest absolute Gasteiger partial charge is 0.154 e. The normalized spacial score (nSPS) is 13.1. The average molecular weight is 204 g/mol. The van der Waals surface area contributed by atoms with E-state index in [1.165, 1.54) is 12.8 Å². The Morgan fingerprint density at radius 2 is 1.57 bits per heavy atom. The average Bonchev–Trinajstić information content (AvgIpc) is 2.17. The van der Waals surface area contributed by atoms with Gasteiger partial charge >= 0.3 is 0 Å². The minimum Gasteiger partial charge on any atom is -0.396 e. The van der Waals surface area contributed by atoms with Crippen molar-refractivity contribution in [1.29, 1.82) is 0 Å². The second kappa shape index (κ2) is 11.0. The Labute approximate surface area is 87.1 Å². The lowest BCUT2D eigenvalue weighted by Crippen LogP contribution is -2.10. The van der Waals surface area contributed by atoms with Crippen molar-refractivity contribution in [3.05, 3.63) is 0 Å². The highest BCUT2D eigenvalue weighted by atomic mass is 16.6. The van der Waals surface area contributed by atoms with Gasteiger partial charge in [0, 0.05) is 13.2 Å². The summed E-state index contributed by atoms with van der Waals surface area (Å²) in [6.45, 7) is 2.78. The molecule has 0 saturated carbocycles. The van der Waals surface area contributed by atoms with Crippen molar-refractivity contribution in [2.75, 3.05) is 13.2 Å². The maximum Gasteiger partial charge on any atom is 0.154 e. The summed E-state index contributed by atoms with van der Waals surface area (Å²) < 4.78 is 5.01. The van der Waals surface area contributed by atoms with Gasteiger partial charge in [0.2, 0.25) is 0 Å². The largest absolute Gasteiger partial charge is 0.396 e. The zero-order valence-corrected chi connectivity index (χ0v) is 9.24. The van der Waals surface area contributed by atoms with Gasteiger partial charge < -0.3 is 14.9 Å². The molecule has 0 amide bonds. The molecule has 0 aromatic rings. The lowest BCUT2D eigenvalue weighted by molar-refractivity contribution is -0.0994. The van der Waals surface area contributed by atoms with Crippen LogP contribution in [0.5, 0.6) is 0 Å². The number of aliphatic hydroxyl groups excluding tert-OH is 2. The molecule has 0 heterocycles. The van der Waals surface area contributed by atoms with Gasteiger partial charge in [0.1, 0.15) is 0 Å². The van der Waals surface area contributed by atoms with E-state index in [1.807, 2.05) is 6.92 Å². The monoisotopic (exact) mass is 204 g/mol. The minimum absolute atomic E-state index is 0.309. The molecule has 86 valence electrons. The lowest BCUT2D eigenvalue weighted by atomic mass is 10.1. The summed E-state index contributed by atoms with van der Waals surface area (Å²) in [6.07, 6.45) is 6.76. The van der Waals surface area contributed by atoms with Gasteiger partial charge in [-0.05, 0) is 26.2 Å². The van der Waals surface area contributed by atoms with E-state index in [0.717, 1.165) is 32.1 Å². The van der Waals surface area contributed by atoms with Gasteiger partial charge in [-0.15, -0.1) is 0 Å². The summed E-state index contributed by atoms with van der Waals surface area (Å²) in [7, 11) is 0. The van der Waals surface area contributed by atoms with E-state index < -0.39 is 6.29 Å². The zero-order chi connectivity index (χ0) is 10.6. The molecular formula is C11H24O3. The molecular weight excluding hydrogens is 180 g/mol. The van der Waals surface area contributed by atoms with E-state index in [-0.39, 0.29) is 0 Å². The van der Waals surface area contributed by atoms with Crippen LogP contribution in [0.4, 0.5) is 0 Å². The molecule has 0 aliphatic rings. The molecule has 0 aromatic carbocycles. The Morgan fingerprint density at radius 3 is 2.14 bits per heavy atom. The van der Waals surface area contributed by atoms with E-state index in [1.54, 1.807) is 0 Å². The summed E-state index contributed by atoms with van der Waals surface area (Å²) in [4.78, 5) is 0. The van der Waals surface area contributed by atoms with Crippen LogP contribution in [0.15, 0.2) is 0 Å². The Kier molecular flexibility index (Phi) is 10.9. The van der Waals surface area contributed by atoms with Crippen LogP contribution in [0.2, 0.25) is 0 Å². The third kappa shape index (κ3) is 9.96. The lowest BCUT2D eigenvalue weighted by Gasteiger charge is -2.09. The first kappa shape index (κ1) is 13.9. The number of unbranched alkanes of at least 4 members (excludes halogenated alkanes) is 5. The maximum atomic E-state index is 9.23. The van der Waals surface area contributed by atoms with Crippen LogP contribution in [0.25, 0.3) is 0 Å². The molecule has 3 nitrogen and oxygen atoms in total. The van der Waals surface area contributed by atoms with Crippen molar-refractivity contribution < 1.29 is 14.9 Å². The Morgan fingerprint density at radius 1 is 1.00 bits per heavy atom. The number of rotatable bonds is 10. The molecule has 1 atom stereocenters.